The number of hydrogen-bond donors (Lipinski definition) is 0. The summed E-state index contributed by atoms with van der Waals surface area (Å²) >= 11 is 1.53. The molecule has 3 rings (SSSR count). The van der Waals surface area contributed by atoms with Gasteiger partial charge in [-0.1, -0.05) is 12.1 Å². The van der Waals surface area contributed by atoms with Gasteiger partial charge in [-0.05, 0) is 38.1 Å². The van der Waals surface area contributed by atoms with Gasteiger partial charge in [0.05, 0.1) is 19.0 Å². The second-order valence-electron chi connectivity index (χ2n) is 4.95. The number of aromatic nitrogens is 1. The number of para-hydroxylation sites is 2. The molecule has 0 bridgehead atoms. The number of ether oxygens (including phenoxy) is 1. The Morgan fingerprint density at radius 2 is 2.00 bits per heavy atom. The average Bonchev–Trinajstić information content (AvgIpc) is 3.12. The highest BCUT2D eigenvalue weighted by Gasteiger charge is 2.03. The van der Waals surface area contributed by atoms with Crippen molar-refractivity contribution in [3.8, 4) is 5.75 Å². The van der Waals surface area contributed by atoms with Crippen LogP contribution >= 0.6 is 11.3 Å². The van der Waals surface area contributed by atoms with E-state index in [0.717, 1.165) is 27.7 Å². The smallest absolute Gasteiger partial charge is 0.211 e. The van der Waals surface area contributed by atoms with Crippen LogP contribution in [0.25, 0.3) is 0 Å². The minimum absolute atomic E-state index is 0.712. The monoisotopic (exact) mass is 327 g/mol. The molecule has 0 aliphatic carbocycles. The molecule has 5 nitrogen and oxygen atoms in total. The zero-order valence-electron chi connectivity index (χ0n) is 13.2. The molecule has 0 N–H and O–H groups in total. The van der Waals surface area contributed by atoms with Crippen LogP contribution in [0.15, 0.2) is 56.3 Å². The van der Waals surface area contributed by atoms with Gasteiger partial charge in [-0.3, -0.25) is 0 Å². The van der Waals surface area contributed by atoms with Gasteiger partial charge in [0, 0.05) is 5.38 Å². The zero-order valence-corrected chi connectivity index (χ0v) is 14.0. The van der Waals surface area contributed by atoms with Crippen LogP contribution in [0.1, 0.15) is 17.2 Å². The van der Waals surface area contributed by atoms with Crippen LogP contribution in [0, 0.1) is 13.8 Å². The first kappa shape index (κ1) is 15.3. The number of nitrogens with zero attached hydrogens (tertiary/aromatic N) is 3. The lowest BCUT2D eigenvalue weighted by atomic mass is 10.3. The standard InChI is InChI=1S/C17H17N3O2S/c1-12-11-23-17(19-15-6-4-5-7-16(15)21-3)20(12)18-10-14-9-8-13(2)22-14/h4-11H,1-3H3. The maximum atomic E-state index is 5.51. The van der Waals surface area contributed by atoms with Gasteiger partial charge in [0.2, 0.25) is 4.80 Å². The number of thiazole rings is 1. The van der Waals surface area contributed by atoms with Crippen molar-refractivity contribution in [1.29, 1.82) is 0 Å². The fourth-order valence-corrected chi connectivity index (χ4v) is 2.88. The number of hydrogen-bond acceptors (Lipinski definition) is 5. The fourth-order valence-electron chi connectivity index (χ4n) is 2.07. The van der Waals surface area contributed by atoms with Crippen molar-refractivity contribution >= 4 is 23.2 Å². The van der Waals surface area contributed by atoms with E-state index in [0.29, 0.717) is 5.76 Å². The van der Waals surface area contributed by atoms with Gasteiger partial charge in [0.25, 0.3) is 0 Å². The highest BCUT2D eigenvalue weighted by atomic mass is 32.1. The molecule has 118 valence electrons. The summed E-state index contributed by atoms with van der Waals surface area (Å²) in [5, 5.41) is 6.49. The Balaban J connectivity index is 2.01. The van der Waals surface area contributed by atoms with Crippen LogP contribution < -0.4 is 9.54 Å². The Kier molecular flexibility index (Phi) is 4.43. The minimum Gasteiger partial charge on any atom is -0.494 e. The molecule has 2 heterocycles. The Labute approximate surface area is 138 Å². The quantitative estimate of drug-likeness (QED) is 0.683. The van der Waals surface area contributed by atoms with Gasteiger partial charge in [-0.15, -0.1) is 11.3 Å². The summed E-state index contributed by atoms with van der Waals surface area (Å²) in [7, 11) is 1.64. The van der Waals surface area contributed by atoms with E-state index in [1.165, 1.54) is 11.3 Å². The van der Waals surface area contributed by atoms with E-state index in [2.05, 4.69) is 10.1 Å². The molecular weight excluding hydrogens is 310 g/mol. The molecule has 3 aromatic rings. The van der Waals surface area contributed by atoms with Crippen LogP contribution in [0.4, 0.5) is 5.69 Å². The van der Waals surface area contributed by atoms with Gasteiger partial charge in [-0.2, -0.15) is 5.10 Å². The Morgan fingerprint density at radius 1 is 1.17 bits per heavy atom. The van der Waals surface area contributed by atoms with Crippen molar-refractivity contribution in [2.75, 3.05) is 7.11 Å². The van der Waals surface area contributed by atoms with Crippen molar-refractivity contribution in [3.63, 3.8) is 0 Å². The third kappa shape index (κ3) is 3.43. The van der Waals surface area contributed by atoms with Crippen molar-refractivity contribution in [3.05, 3.63) is 63.8 Å². The summed E-state index contributed by atoms with van der Waals surface area (Å²) in [6.45, 7) is 3.89. The van der Waals surface area contributed by atoms with Crippen molar-refractivity contribution in [2.24, 2.45) is 10.1 Å². The van der Waals surface area contributed by atoms with Gasteiger partial charge in [0.15, 0.2) is 0 Å². The Bertz CT molecular complexity index is 902. The number of furan rings is 1. The van der Waals surface area contributed by atoms with E-state index in [-0.39, 0.29) is 0 Å². The predicted octanol–water partition coefficient (Wildman–Crippen LogP) is 3.88. The van der Waals surface area contributed by atoms with Crippen LogP contribution in [-0.4, -0.2) is 18.0 Å². The molecule has 6 heteroatoms. The SMILES string of the molecule is COc1ccccc1N=c1scc(C)n1N=Cc1ccc(C)o1. The summed E-state index contributed by atoms with van der Waals surface area (Å²) in [5.41, 5.74) is 1.78. The molecule has 0 spiro atoms. The predicted molar refractivity (Wildman–Crippen MR) is 91.7 cm³/mol. The fraction of sp³-hybridized carbons (Fsp3) is 0.176. The molecule has 0 aliphatic rings. The summed E-state index contributed by atoms with van der Waals surface area (Å²) in [6, 6.07) is 11.4. The first-order valence-corrected chi connectivity index (χ1v) is 8.01. The van der Waals surface area contributed by atoms with Gasteiger partial charge in [0.1, 0.15) is 23.0 Å². The largest absolute Gasteiger partial charge is 0.494 e. The minimum atomic E-state index is 0.712. The molecule has 1 aromatic carbocycles. The van der Waals surface area contributed by atoms with E-state index in [1.54, 1.807) is 18.0 Å². The van der Waals surface area contributed by atoms with Gasteiger partial charge in [-0.25, -0.2) is 9.67 Å². The normalized spacial score (nSPS) is 12.2. The molecule has 23 heavy (non-hydrogen) atoms. The molecule has 2 aromatic heterocycles. The number of benzene rings is 1. The first-order chi connectivity index (χ1) is 11.2. The highest BCUT2D eigenvalue weighted by molar-refractivity contribution is 7.07. The second-order valence-corrected chi connectivity index (χ2v) is 5.78. The molecule has 0 saturated carbocycles. The zero-order chi connectivity index (χ0) is 16.2. The lowest BCUT2D eigenvalue weighted by molar-refractivity contribution is 0.416. The average molecular weight is 327 g/mol. The number of rotatable bonds is 4. The van der Waals surface area contributed by atoms with Crippen molar-refractivity contribution in [2.45, 2.75) is 13.8 Å². The summed E-state index contributed by atoms with van der Waals surface area (Å²) in [6.07, 6.45) is 1.69. The van der Waals surface area contributed by atoms with Gasteiger partial charge >= 0.3 is 0 Å². The molecule has 0 unspecified atom stereocenters. The third-order valence-electron chi connectivity index (χ3n) is 3.21. The summed E-state index contributed by atoms with van der Waals surface area (Å²) < 4.78 is 12.6. The number of aryl methyl sites for hydroxylation is 2. The Morgan fingerprint density at radius 3 is 2.74 bits per heavy atom. The molecule has 0 fully saturated rings. The highest BCUT2D eigenvalue weighted by Crippen LogP contribution is 2.25. The van der Waals surface area contributed by atoms with Crippen molar-refractivity contribution < 1.29 is 9.15 Å². The van der Waals surface area contributed by atoms with Crippen LogP contribution in [0.5, 0.6) is 5.75 Å². The maximum Gasteiger partial charge on any atom is 0.211 e. The summed E-state index contributed by atoms with van der Waals surface area (Å²) in [5.74, 6) is 2.30. The molecule has 0 aliphatic heterocycles. The molecule has 0 radical (unpaired) electrons. The number of methoxy groups -OCH3 is 1. The first-order valence-electron chi connectivity index (χ1n) is 7.13. The lowest BCUT2D eigenvalue weighted by Crippen LogP contribution is -2.11. The van der Waals surface area contributed by atoms with Crippen LogP contribution in [-0.2, 0) is 0 Å². The maximum absolute atomic E-state index is 5.51. The molecule has 0 saturated heterocycles. The van der Waals surface area contributed by atoms with E-state index in [4.69, 9.17) is 9.15 Å². The van der Waals surface area contributed by atoms with Crippen LogP contribution in [0.3, 0.4) is 0 Å². The third-order valence-corrected chi connectivity index (χ3v) is 4.15. The van der Waals surface area contributed by atoms with E-state index in [9.17, 15) is 0 Å². The topological polar surface area (TPSA) is 52.0 Å². The van der Waals surface area contributed by atoms with Crippen LogP contribution in [0.2, 0.25) is 0 Å². The molecule has 0 atom stereocenters. The van der Waals surface area contributed by atoms with Gasteiger partial charge < -0.3 is 9.15 Å². The van der Waals surface area contributed by atoms with Crippen molar-refractivity contribution in [1.82, 2.24) is 4.68 Å². The molecule has 0 amide bonds. The van der Waals surface area contributed by atoms with E-state index in [1.807, 2.05) is 55.6 Å². The van der Waals surface area contributed by atoms with E-state index < -0.39 is 0 Å². The summed E-state index contributed by atoms with van der Waals surface area (Å²) in [4.78, 5) is 5.43. The molecular formula is C17H17N3O2S. The second kappa shape index (κ2) is 6.66. The van der Waals surface area contributed by atoms with E-state index >= 15 is 0 Å². The lowest BCUT2D eigenvalue weighted by Gasteiger charge is -2.02. The Hall–Kier alpha value is -2.60.